The lowest BCUT2D eigenvalue weighted by atomic mass is 9.65. The van der Waals surface area contributed by atoms with Crippen LogP contribution in [0.2, 0.25) is 0 Å². The highest BCUT2D eigenvalue weighted by molar-refractivity contribution is 7.25. The molecule has 7 aromatic rings. The minimum Gasteiger partial charge on any atom is -0.289 e. The van der Waals surface area contributed by atoms with E-state index in [-0.39, 0.29) is 33.8 Å². The van der Waals surface area contributed by atoms with E-state index in [2.05, 4.69) is 104 Å². The van der Waals surface area contributed by atoms with Crippen molar-refractivity contribution in [3.8, 4) is 64.7 Å². The predicted molar refractivity (Wildman–Crippen MR) is 387 cm³/mol. The van der Waals surface area contributed by atoms with Gasteiger partial charge in [-0.25, -0.2) is 8.78 Å². The Labute approximate surface area is 571 Å². The Hall–Kier alpha value is -7.42. The molecule has 4 heterocycles. The van der Waals surface area contributed by atoms with Crippen molar-refractivity contribution in [2.24, 2.45) is 23.7 Å². The molecule has 4 aliphatic carbocycles. The fourth-order valence-electron chi connectivity index (χ4n) is 16.1. The number of nitrogens with zero attached hydrogens (tertiary/aromatic N) is 4. The summed E-state index contributed by atoms with van der Waals surface area (Å²) in [6.07, 6.45) is 24.4. The van der Waals surface area contributed by atoms with Gasteiger partial charge in [0.1, 0.15) is 47.1 Å². The van der Waals surface area contributed by atoms with E-state index in [0.717, 1.165) is 158 Å². The molecule has 482 valence electrons. The molecule has 4 aromatic heterocycles. The molecule has 0 spiro atoms. The first-order valence-electron chi connectivity index (χ1n) is 34.6. The first-order valence-corrected chi connectivity index (χ1v) is 37.8. The number of rotatable bonds is 28. The summed E-state index contributed by atoms with van der Waals surface area (Å²) in [7, 11) is 0. The Morgan fingerprint density at radius 3 is 1.02 bits per heavy atom. The van der Waals surface area contributed by atoms with Crippen molar-refractivity contribution in [2.45, 2.75) is 195 Å². The second kappa shape index (κ2) is 29.3. The van der Waals surface area contributed by atoms with Gasteiger partial charge in [-0.3, -0.25) is 9.59 Å². The molecule has 0 fully saturated rings. The third-order valence-corrected chi connectivity index (χ3v) is 26.0. The van der Waals surface area contributed by atoms with Crippen LogP contribution < -0.4 is 0 Å². The number of benzene rings is 3. The van der Waals surface area contributed by atoms with Crippen molar-refractivity contribution in [1.29, 1.82) is 21.0 Å². The molecule has 4 aliphatic rings. The highest BCUT2D eigenvalue weighted by Gasteiger charge is 2.50. The number of nitriles is 4. The Morgan fingerprint density at radius 1 is 0.426 bits per heavy atom. The topological polar surface area (TPSA) is 129 Å². The number of fused-ring (bicyclic) bond motifs is 8. The molecule has 0 saturated carbocycles. The molecule has 0 radical (unpaired) electrons. The van der Waals surface area contributed by atoms with E-state index in [1.807, 2.05) is 24.3 Å². The highest BCUT2D eigenvalue weighted by atomic mass is 32.1. The molecule has 0 amide bonds. The van der Waals surface area contributed by atoms with E-state index in [0.29, 0.717) is 78.0 Å². The third-order valence-electron chi connectivity index (χ3n) is 21.2. The summed E-state index contributed by atoms with van der Waals surface area (Å²) in [5.74, 6) is 0.167. The summed E-state index contributed by atoms with van der Waals surface area (Å²) < 4.78 is 35.8. The summed E-state index contributed by atoms with van der Waals surface area (Å²) in [5, 5.41) is 41.0. The minimum atomic E-state index is -0.492. The lowest BCUT2D eigenvalue weighted by Gasteiger charge is -2.37. The number of unbranched alkanes of at least 4 members (excludes halogenated alkanes) is 4. The zero-order valence-corrected chi connectivity index (χ0v) is 58.9. The zero-order chi connectivity index (χ0) is 66.6. The molecule has 0 N–H and O–H groups in total. The second-order valence-electron chi connectivity index (χ2n) is 26.8. The molecule has 4 atom stereocenters. The van der Waals surface area contributed by atoms with Gasteiger partial charge < -0.3 is 0 Å². The third kappa shape index (κ3) is 12.4. The summed E-state index contributed by atoms with van der Waals surface area (Å²) >= 11 is 6.25. The Bertz CT molecular complexity index is 4050. The van der Waals surface area contributed by atoms with Crippen LogP contribution in [0.1, 0.15) is 248 Å². The van der Waals surface area contributed by atoms with Crippen LogP contribution in [-0.2, 0) is 10.8 Å². The lowest BCUT2D eigenvalue weighted by Crippen LogP contribution is -2.31. The quantitative estimate of drug-likeness (QED) is 0.0355. The van der Waals surface area contributed by atoms with Crippen molar-refractivity contribution in [1.82, 2.24) is 0 Å². The van der Waals surface area contributed by atoms with Gasteiger partial charge in [0, 0.05) is 94.4 Å². The van der Waals surface area contributed by atoms with Crippen molar-refractivity contribution >= 4 is 80.2 Å². The van der Waals surface area contributed by atoms with E-state index in [1.165, 1.54) is 57.1 Å². The average molecular weight is 1320 g/mol. The van der Waals surface area contributed by atoms with Crippen LogP contribution in [0.5, 0.6) is 0 Å². The van der Waals surface area contributed by atoms with Crippen molar-refractivity contribution in [3.63, 3.8) is 0 Å². The maximum absolute atomic E-state index is 17.9. The Morgan fingerprint density at radius 2 is 0.723 bits per heavy atom. The SMILES string of the molecule is CCCCC(CC)CC1(CC(CC)CCCC)c2cc(/C=C3\C(=O)c4ccccc4C3=C(C#N)C#N)sc2-c2sc(-c3cc(F)c(-c4cc5c(s4)-c4sc(/C=C6\C(=O)c7ccccc7C6=C(C#N)C#N)cc4C5(CC(CC)CCCC)CC(CC)CCCC)cc3F)cc21. The number of thiophene rings is 4. The molecule has 4 unspecified atom stereocenters. The van der Waals surface area contributed by atoms with Crippen LogP contribution in [0, 0.1) is 80.6 Å². The molecule has 0 bridgehead atoms. The molecular weight excluding hydrogens is 1240 g/mol. The number of carbonyl (C=O) groups is 2. The average Bonchev–Trinajstić information content (AvgIpc) is 1.55. The van der Waals surface area contributed by atoms with Gasteiger partial charge in [-0.1, -0.05) is 207 Å². The van der Waals surface area contributed by atoms with Gasteiger partial charge in [-0.05, 0) is 131 Å². The van der Waals surface area contributed by atoms with Crippen LogP contribution in [0.15, 0.2) is 107 Å². The highest BCUT2D eigenvalue weighted by Crippen LogP contribution is 2.65. The van der Waals surface area contributed by atoms with Crippen LogP contribution in [-0.4, -0.2) is 11.6 Å². The Balaban J connectivity index is 1.06. The Kier molecular flexibility index (Phi) is 21.2. The predicted octanol–water partition coefficient (Wildman–Crippen LogP) is 24.7. The van der Waals surface area contributed by atoms with E-state index >= 15 is 8.78 Å². The maximum Gasteiger partial charge on any atom is 0.194 e. The first-order chi connectivity index (χ1) is 45.7. The molecule has 3 aromatic carbocycles. The molecule has 12 heteroatoms. The van der Waals surface area contributed by atoms with E-state index in [9.17, 15) is 30.6 Å². The van der Waals surface area contributed by atoms with Crippen LogP contribution in [0.25, 0.3) is 63.7 Å². The van der Waals surface area contributed by atoms with Gasteiger partial charge in [0.15, 0.2) is 11.6 Å². The maximum atomic E-state index is 17.9. The number of ketones is 2. The molecule has 6 nitrogen and oxygen atoms in total. The number of hydrogen-bond donors (Lipinski definition) is 0. The van der Waals surface area contributed by atoms with Gasteiger partial charge in [-0.15, -0.1) is 45.3 Å². The van der Waals surface area contributed by atoms with Gasteiger partial charge in [-0.2, -0.15) is 21.0 Å². The fourth-order valence-corrected chi connectivity index (χ4v) is 21.4. The largest absolute Gasteiger partial charge is 0.289 e. The number of Topliss-reactive ketones (excluding diaryl/α,β-unsaturated/α-hetero) is 2. The minimum absolute atomic E-state index is 0.105. The van der Waals surface area contributed by atoms with Gasteiger partial charge >= 0.3 is 0 Å². The standard InChI is InChI=1S/C82H84F2N4O2S4/c1-9-17-25-49(13-5)41-81(42-50(14-6)26-18-10-2)65-35-55(33-63-73(53(45-85)46-86)57-29-21-23-31-59(57)75(63)89)91-77(65)79-67(81)39-71(93-79)61-37-70(84)62(38-69(61)83)72-40-68-80(94-72)78-66(82(68,43-51(15-7)27-19-11-3)44-52(16-8)28-20-12-4)36-56(92-78)34-64-74(54(47-87)48-88)58-30-22-24-32-60(58)76(64)90/h21-24,29-40,49-52H,9-20,25-28,41-44H2,1-8H3/b63-33-,64-34-. The van der Waals surface area contributed by atoms with Crippen molar-refractivity contribution in [2.75, 3.05) is 0 Å². The molecule has 0 saturated heterocycles. The fraction of sp³-hybridized carbons (Fsp3) is 0.415. The molecule has 11 rings (SSSR count). The normalized spacial score (nSPS) is 18.7. The smallest absolute Gasteiger partial charge is 0.194 e. The number of allylic oxidation sites excluding steroid dienone is 6. The summed E-state index contributed by atoms with van der Waals surface area (Å²) in [6.45, 7) is 18.1. The zero-order valence-electron chi connectivity index (χ0n) is 55.7. The van der Waals surface area contributed by atoms with Crippen LogP contribution in [0.3, 0.4) is 0 Å². The van der Waals surface area contributed by atoms with E-state index in [1.54, 1.807) is 59.1 Å². The molecule has 94 heavy (non-hydrogen) atoms. The first kappa shape index (κ1) is 68.0. The summed E-state index contributed by atoms with van der Waals surface area (Å²) in [6, 6.07) is 34.4. The summed E-state index contributed by atoms with van der Waals surface area (Å²) in [5.41, 5.74) is 7.60. The lowest BCUT2D eigenvalue weighted by molar-refractivity contribution is 0.103. The van der Waals surface area contributed by atoms with Crippen molar-refractivity contribution in [3.05, 3.63) is 173 Å². The van der Waals surface area contributed by atoms with Crippen LogP contribution in [0.4, 0.5) is 8.78 Å². The van der Waals surface area contributed by atoms with E-state index in [4.69, 9.17) is 0 Å². The van der Waals surface area contributed by atoms with Gasteiger partial charge in [0.2, 0.25) is 0 Å². The monoisotopic (exact) mass is 1320 g/mol. The second-order valence-corrected chi connectivity index (χ2v) is 31.0. The number of hydrogen-bond acceptors (Lipinski definition) is 10. The molecular formula is C82H84F2N4O2S4. The van der Waals surface area contributed by atoms with E-state index < -0.39 is 22.5 Å². The number of carbonyl (C=O) groups excluding carboxylic acids is 2. The van der Waals surface area contributed by atoms with Gasteiger partial charge in [0.05, 0.1) is 0 Å². The molecule has 0 aliphatic heterocycles. The number of halogens is 2. The van der Waals surface area contributed by atoms with Crippen molar-refractivity contribution < 1.29 is 18.4 Å². The summed E-state index contributed by atoms with van der Waals surface area (Å²) in [4.78, 5) is 36.0. The van der Waals surface area contributed by atoms with Gasteiger partial charge in [0.25, 0.3) is 0 Å². The van der Waals surface area contributed by atoms with Crippen LogP contribution >= 0.6 is 45.3 Å².